The van der Waals surface area contributed by atoms with Gasteiger partial charge in [-0.05, 0) is 24.5 Å². The normalized spacial score (nSPS) is 12.4. The highest BCUT2D eigenvalue weighted by Crippen LogP contribution is 2.22. The van der Waals surface area contributed by atoms with Crippen LogP contribution in [0.15, 0.2) is 35.8 Å². The number of benzene rings is 1. The van der Waals surface area contributed by atoms with Crippen LogP contribution in [0.25, 0.3) is 5.70 Å². The second-order valence-electron chi connectivity index (χ2n) is 4.38. The Labute approximate surface area is 118 Å². The average molecular weight is 281 g/mol. The van der Waals surface area contributed by atoms with Gasteiger partial charge in [0.2, 0.25) is 0 Å². The van der Waals surface area contributed by atoms with Crippen LogP contribution in [0.3, 0.4) is 0 Å². The van der Waals surface area contributed by atoms with Crippen molar-refractivity contribution >= 4 is 28.5 Å². The maximum absolute atomic E-state index is 13.2. The Balaban J connectivity index is 3.01. The summed E-state index contributed by atoms with van der Waals surface area (Å²) in [5.74, 6) is -2.91. The number of thiocarbonyl (C=S) groups is 1. The van der Waals surface area contributed by atoms with Crippen molar-refractivity contribution in [2.75, 3.05) is 0 Å². The van der Waals surface area contributed by atoms with E-state index in [1.54, 1.807) is 19.1 Å². The monoisotopic (exact) mass is 281 g/mol. The predicted molar refractivity (Wildman–Crippen MR) is 81.2 cm³/mol. The molecule has 0 atom stereocenters. The van der Waals surface area contributed by atoms with Crippen LogP contribution < -0.4 is 0 Å². The minimum absolute atomic E-state index is 0.160. The lowest BCUT2D eigenvalue weighted by molar-refractivity contribution is 0.0984. The van der Waals surface area contributed by atoms with Crippen molar-refractivity contribution in [1.29, 1.82) is 0 Å². The quantitative estimate of drug-likeness (QED) is 0.425. The number of rotatable bonds is 5. The number of hydrogen-bond donors (Lipinski definition) is 0. The van der Waals surface area contributed by atoms with E-state index in [2.05, 4.69) is 11.6 Å². The number of halogens is 2. The van der Waals surface area contributed by atoms with Gasteiger partial charge in [-0.1, -0.05) is 50.0 Å². The predicted octanol–water partition coefficient (Wildman–Crippen LogP) is 4.90. The highest BCUT2D eigenvalue weighted by molar-refractivity contribution is 7.80. The van der Waals surface area contributed by atoms with Gasteiger partial charge >= 0.3 is 0 Å². The van der Waals surface area contributed by atoms with Crippen LogP contribution >= 0.6 is 12.2 Å². The second-order valence-corrected chi connectivity index (χ2v) is 4.99. The lowest BCUT2D eigenvalue weighted by Crippen LogP contribution is -2.23. The molecular formula is C15H17F2NS. The lowest BCUT2D eigenvalue weighted by atomic mass is 10.1. The van der Waals surface area contributed by atoms with Gasteiger partial charge in [0.05, 0.1) is 11.4 Å². The van der Waals surface area contributed by atoms with Crippen LogP contribution in [0.1, 0.15) is 38.3 Å². The van der Waals surface area contributed by atoms with Crippen LogP contribution in [0, 0.1) is 0 Å². The molecule has 0 heterocycles. The van der Waals surface area contributed by atoms with Crippen molar-refractivity contribution in [3.8, 4) is 0 Å². The molecule has 0 N–H and O–H groups in total. The molecule has 0 radical (unpaired) electrons. The summed E-state index contributed by atoms with van der Waals surface area (Å²) in [5.41, 5.74) is 1.84. The summed E-state index contributed by atoms with van der Waals surface area (Å²) < 4.78 is 26.5. The molecule has 0 fully saturated rings. The molecule has 1 aromatic carbocycles. The van der Waals surface area contributed by atoms with Crippen molar-refractivity contribution in [2.24, 2.45) is 4.99 Å². The first kappa shape index (κ1) is 15.6. The molecule has 0 unspecified atom stereocenters. The molecular weight excluding hydrogens is 264 g/mol. The van der Waals surface area contributed by atoms with E-state index < -0.39 is 5.92 Å². The molecule has 0 aliphatic carbocycles. The lowest BCUT2D eigenvalue weighted by Gasteiger charge is -2.13. The summed E-state index contributed by atoms with van der Waals surface area (Å²) in [4.78, 5) is 4.74. The molecule has 0 aromatic heterocycles. The third kappa shape index (κ3) is 4.31. The van der Waals surface area contributed by atoms with E-state index in [4.69, 9.17) is 12.2 Å². The summed E-state index contributed by atoms with van der Waals surface area (Å²) in [6.45, 7) is 8.09. The minimum Gasteiger partial charge on any atom is -0.252 e. The molecule has 102 valence electrons. The van der Waals surface area contributed by atoms with E-state index >= 15 is 0 Å². The molecule has 0 aliphatic heterocycles. The molecule has 19 heavy (non-hydrogen) atoms. The SMILES string of the molecule is C=C(N=C(CC)C(C)(F)F)c1ccc(C(C)=S)cc1. The molecule has 0 aliphatic rings. The molecule has 0 bridgehead atoms. The van der Waals surface area contributed by atoms with E-state index in [-0.39, 0.29) is 12.1 Å². The summed E-state index contributed by atoms with van der Waals surface area (Å²) in [6, 6.07) is 7.26. The highest BCUT2D eigenvalue weighted by atomic mass is 32.1. The third-order valence-electron chi connectivity index (χ3n) is 2.74. The largest absolute Gasteiger partial charge is 0.283 e. The van der Waals surface area contributed by atoms with Gasteiger partial charge in [0, 0.05) is 11.8 Å². The molecule has 0 amide bonds. The van der Waals surface area contributed by atoms with Crippen LogP contribution in [-0.4, -0.2) is 16.5 Å². The smallest absolute Gasteiger partial charge is 0.252 e. The van der Waals surface area contributed by atoms with Crippen molar-refractivity contribution in [3.63, 3.8) is 0 Å². The molecule has 1 rings (SSSR count). The Bertz CT molecular complexity index is 510. The van der Waals surface area contributed by atoms with Gasteiger partial charge in [-0.25, -0.2) is 8.78 Å². The standard InChI is InChI=1S/C15H17F2NS/c1-5-14(15(4,16)17)18-10(2)12-6-8-13(9-7-12)11(3)19/h6-9H,2,5H2,1,3-4H3. The van der Waals surface area contributed by atoms with Gasteiger partial charge < -0.3 is 0 Å². The Morgan fingerprint density at radius 2 is 1.74 bits per heavy atom. The first-order valence-corrected chi connectivity index (χ1v) is 6.42. The molecule has 4 heteroatoms. The van der Waals surface area contributed by atoms with Gasteiger partial charge in [0.1, 0.15) is 0 Å². The van der Waals surface area contributed by atoms with Gasteiger partial charge in [-0.2, -0.15) is 0 Å². The fourth-order valence-corrected chi connectivity index (χ4v) is 1.75. The number of alkyl halides is 2. The zero-order valence-corrected chi connectivity index (χ0v) is 12.2. The Hall–Kier alpha value is -1.42. The molecule has 1 aromatic rings. The Morgan fingerprint density at radius 1 is 1.26 bits per heavy atom. The van der Waals surface area contributed by atoms with E-state index in [0.29, 0.717) is 5.70 Å². The van der Waals surface area contributed by atoms with Crippen LogP contribution in [-0.2, 0) is 0 Å². The Kier molecular flexibility index (Phi) is 5.06. The van der Waals surface area contributed by atoms with Gasteiger partial charge in [0.25, 0.3) is 5.92 Å². The van der Waals surface area contributed by atoms with Gasteiger partial charge in [-0.15, -0.1) is 0 Å². The summed E-state index contributed by atoms with van der Waals surface area (Å²) >= 11 is 5.06. The first-order chi connectivity index (χ1) is 8.75. The molecule has 0 saturated heterocycles. The van der Waals surface area contributed by atoms with E-state index in [9.17, 15) is 8.78 Å². The zero-order valence-electron chi connectivity index (χ0n) is 11.3. The molecule has 0 spiro atoms. The summed E-state index contributed by atoms with van der Waals surface area (Å²) in [7, 11) is 0. The van der Waals surface area contributed by atoms with Crippen molar-refractivity contribution in [3.05, 3.63) is 42.0 Å². The summed E-state index contributed by atoms with van der Waals surface area (Å²) in [5, 5.41) is 0. The van der Waals surface area contributed by atoms with Crippen molar-refractivity contribution in [1.82, 2.24) is 0 Å². The van der Waals surface area contributed by atoms with Crippen molar-refractivity contribution in [2.45, 2.75) is 33.1 Å². The number of aliphatic imine (C=N–C) groups is 1. The average Bonchev–Trinajstić information content (AvgIpc) is 2.34. The maximum Gasteiger partial charge on any atom is 0.283 e. The number of nitrogens with zero attached hydrogens (tertiary/aromatic N) is 1. The number of hydrogen-bond acceptors (Lipinski definition) is 2. The second kappa shape index (κ2) is 6.15. The summed E-state index contributed by atoms with van der Waals surface area (Å²) in [6.07, 6.45) is 0.194. The fourth-order valence-electron chi connectivity index (χ4n) is 1.61. The Morgan fingerprint density at radius 3 is 2.11 bits per heavy atom. The first-order valence-electron chi connectivity index (χ1n) is 6.01. The van der Waals surface area contributed by atoms with E-state index in [1.807, 2.05) is 19.1 Å². The van der Waals surface area contributed by atoms with Crippen LogP contribution in [0.5, 0.6) is 0 Å². The van der Waals surface area contributed by atoms with Gasteiger partial charge in [-0.3, -0.25) is 4.99 Å². The van der Waals surface area contributed by atoms with Crippen LogP contribution in [0.2, 0.25) is 0 Å². The molecule has 0 saturated carbocycles. The molecule has 1 nitrogen and oxygen atoms in total. The zero-order chi connectivity index (χ0) is 14.6. The van der Waals surface area contributed by atoms with E-state index in [1.165, 1.54) is 0 Å². The highest BCUT2D eigenvalue weighted by Gasteiger charge is 2.27. The minimum atomic E-state index is -2.91. The topological polar surface area (TPSA) is 12.4 Å². The maximum atomic E-state index is 13.2. The van der Waals surface area contributed by atoms with Crippen LogP contribution in [0.4, 0.5) is 8.78 Å². The fraction of sp³-hybridized carbons (Fsp3) is 0.333. The van der Waals surface area contributed by atoms with Gasteiger partial charge in [0.15, 0.2) is 0 Å². The third-order valence-corrected chi connectivity index (χ3v) is 2.97. The van der Waals surface area contributed by atoms with E-state index in [0.717, 1.165) is 22.9 Å². The van der Waals surface area contributed by atoms with Crippen molar-refractivity contribution < 1.29 is 8.78 Å².